The van der Waals surface area contributed by atoms with E-state index in [1.165, 1.54) is 12.4 Å². The quantitative estimate of drug-likeness (QED) is 0.860. The minimum Gasteiger partial charge on any atom is -0.481 e. The van der Waals surface area contributed by atoms with Crippen molar-refractivity contribution in [3.8, 4) is 11.5 Å². The van der Waals surface area contributed by atoms with Crippen molar-refractivity contribution in [2.75, 3.05) is 0 Å². The molecule has 2 heterocycles. The summed E-state index contributed by atoms with van der Waals surface area (Å²) in [6.45, 7) is 3.69. The average Bonchev–Trinajstić information content (AvgIpc) is 2.94. The molecule has 2 aromatic heterocycles. The van der Waals surface area contributed by atoms with Gasteiger partial charge in [-0.05, 0) is 12.8 Å². The number of nitrogens with zero attached hydrogens (tertiary/aromatic N) is 4. The molecule has 0 saturated heterocycles. The first-order valence-corrected chi connectivity index (χ1v) is 6.43. The smallest absolute Gasteiger partial charge is 0.310 e. The van der Waals surface area contributed by atoms with Crippen LogP contribution < -0.4 is 0 Å². The monoisotopic (exact) mass is 276 g/mol. The Kier molecular flexibility index (Phi) is 4.07. The number of hydrogen-bond acceptors (Lipinski definition) is 6. The van der Waals surface area contributed by atoms with E-state index in [2.05, 4.69) is 20.1 Å². The molecule has 0 amide bonds. The lowest BCUT2D eigenvalue weighted by molar-refractivity contribution is -0.149. The van der Waals surface area contributed by atoms with Gasteiger partial charge in [-0.15, -0.1) is 0 Å². The Morgan fingerprint density at radius 2 is 2.10 bits per heavy atom. The van der Waals surface area contributed by atoms with Crippen molar-refractivity contribution in [1.29, 1.82) is 0 Å². The van der Waals surface area contributed by atoms with Crippen molar-refractivity contribution >= 4 is 5.97 Å². The highest BCUT2D eigenvalue weighted by molar-refractivity contribution is 5.74. The van der Waals surface area contributed by atoms with E-state index in [0.29, 0.717) is 30.3 Å². The Bertz CT molecular complexity index is 578. The van der Waals surface area contributed by atoms with Gasteiger partial charge in [0.05, 0.1) is 11.6 Å². The van der Waals surface area contributed by atoms with Gasteiger partial charge in [0.15, 0.2) is 0 Å². The van der Waals surface area contributed by atoms with Crippen molar-refractivity contribution in [2.45, 2.75) is 33.1 Å². The third-order valence-corrected chi connectivity index (χ3v) is 3.56. The second-order valence-corrected chi connectivity index (χ2v) is 4.57. The molecule has 0 spiro atoms. The Morgan fingerprint density at radius 3 is 2.65 bits per heavy atom. The molecule has 0 aliphatic heterocycles. The highest BCUT2D eigenvalue weighted by atomic mass is 16.5. The molecule has 1 N–H and O–H groups in total. The first kappa shape index (κ1) is 14.1. The molecule has 20 heavy (non-hydrogen) atoms. The molecule has 2 aromatic rings. The first-order valence-electron chi connectivity index (χ1n) is 6.43. The third kappa shape index (κ3) is 2.66. The maximum Gasteiger partial charge on any atom is 0.310 e. The molecule has 0 aliphatic rings. The van der Waals surface area contributed by atoms with Crippen LogP contribution in [0, 0.1) is 5.41 Å². The van der Waals surface area contributed by atoms with Gasteiger partial charge >= 0.3 is 5.97 Å². The Balaban J connectivity index is 2.23. The van der Waals surface area contributed by atoms with Gasteiger partial charge in [-0.3, -0.25) is 9.78 Å². The van der Waals surface area contributed by atoms with Crippen molar-refractivity contribution in [3.05, 3.63) is 24.5 Å². The lowest BCUT2D eigenvalue weighted by Gasteiger charge is -2.24. The van der Waals surface area contributed by atoms with E-state index in [-0.39, 0.29) is 6.42 Å². The van der Waals surface area contributed by atoms with E-state index >= 15 is 0 Å². The van der Waals surface area contributed by atoms with E-state index in [1.54, 1.807) is 6.20 Å². The van der Waals surface area contributed by atoms with Crippen LogP contribution in [-0.4, -0.2) is 31.2 Å². The molecule has 106 valence electrons. The Morgan fingerprint density at radius 1 is 1.35 bits per heavy atom. The van der Waals surface area contributed by atoms with Gasteiger partial charge in [0, 0.05) is 18.8 Å². The SMILES string of the molecule is CCC(CC)(Cc1nc(-c2cnccn2)no1)C(=O)O. The van der Waals surface area contributed by atoms with Crippen LogP contribution in [0.5, 0.6) is 0 Å². The highest BCUT2D eigenvalue weighted by Crippen LogP contribution is 2.31. The summed E-state index contributed by atoms with van der Waals surface area (Å²) in [5.74, 6) is -0.224. The van der Waals surface area contributed by atoms with Crippen LogP contribution in [0.2, 0.25) is 0 Å². The number of aliphatic carboxylic acids is 1. The van der Waals surface area contributed by atoms with Gasteiger partial charge in [-0.1, -0.05) is 19.0 Å². The second kappa shape index (κ2) is 5.77. The fourth-order valence-electron chi connectivity index (χ4n) is 2.01. The number of carboxylic acid groups (broad SMARTS) is 1. The number of rotatable bonds is 6. The predicted molar refractivity (Wildman–Crippen MR) is 69.7 cm³/mol. The van der Waals surface area contributed by atoms with Gasteiger partial charge < -0.3 is 9.63 Å². The summed E-state index contributed by atoms with van der Waals surface area (Å²) in [7, 11) is 0. The summed E-state index contributed by atoms with van der Waals surface area (Å²) in [4.78, 5) is 23.7. The van der Waals surface area contributed by atoms with Crippen LogP contribution >= 0.6 is 0 Å². The van der Waals surface area contributed by atoms with Crippen LogP contribution in [0.4, 0.5) is 0 Å². The average molecular weight is 276 g/mol. The summed E-state index contributed by atoms with van der Waals surface area (Å²) >= 11 is 0. The molecule has 2 rings (SSSR count). The van der Waals surface area contributed by atoms with Crippen LogP contribution in [0.15, 0.2) is 23.1 Å². The van der Waals surface area contributed by atoms with Crippen LogP contribution in [0.25, 0.3) is 11.5 Å². The molecule has 7 nitrogen and oxygen atoms in total. The van der Waals surface area contributed by atoms with Gasteiger partial charge in [0.25, 0.3) is 0 Å². The fraction of sp³-hybridized carbons (Fsp3) is 0.462. The van der Waals surface area contributed by atoms with Crippen molar-refractivity contribution in [1.82, 2.24) is 20.1 Å². The molecule has 0 bridgehead atoms. The second-order valence-electron chi connectivity index (χ2n) is 4.57. The van der Waals surface area contributed by atoms with E-state index in [1.807, 2.05) is 13.8 Å². The highest BCUT2D eigenvalue weighted by Gasteiger charge is 2.37. The van der Waals surface area contributed by atoms with E-state index in [4.69, 9.17) is 4.52 Å². The molecule has 0 fully saturated rings. The molecule has 0 atom stereocenters. The largest absolute Gasteiger partial charge is 0.481 e. The third-order valence-electron chi connectivity index (χ3n) is 3.56. The minimum absolute atomic E-state index is 0.211. The Hall–Kier alpha value is -2.31. The summed E-state index contributed by atoms with van der Waals surface area (Å²) in [5, 5.41) is 13.2. The summed E-state index contributed by atoms with van der Waals surface area (Å²) in [6.07, 6.45) is 5.82. The molecular weight excluding hydrogens is 260 g/mol. The number of aromatic nitrogens is 4. The molecule has 0 unspecified atom stereocenters. The topological polar surface area (TPSA) is 102 Å². The van der Waals surface area contributed by atoms with Gasteiger partial charge in [-0.2, -0.15) is 4.98 Å². The van der Waals surface area contributed by atoms with Crippen molar-refractivity contribution in [2.24, 2.45) is 5.41 Å². The molecule has 0 radical (unpaired) electrons. The lowest BCUT2D eigenvalue weighted by atomic mass is 9.79. The van der Waals surface area contributed by atoms with Gasteiger partial charge in [0.2, 0.25) is 11.7 Å². The standard InChI is InChI=1S/C13H16N4O3/c1-3-13(4-2,12(18)19)7-10-16-11(17-20-10)9-8-14-5-6-15-9/h5-6,8H,3-4,7H2,1-2H3,(H,18,19). The fourth-order valence-corrected chi connectivity index (χ4v) is 2.01. The van der Waals surface area contributed by atoms with E-state index in [9.17, 15) is 9.90 Å². The maximum atomic E-state index is 11.5. The Labute approximate surface area is 116 Å². The zero-order valence-corrected chi connectivity index (χ0v) is 11.4. The van der Waals surface area contributed by atoms with Crippen LogP contribution in [-0.2, 0) is 11.2 Å². The van der Waals surface area contributed by atoms with Gasteiger partial charge in [0.1, 0.15) is 5.69 Å². The minimum atomic E-state index is -0.869. The summed E-state index contributed by atoms with van der Waals surface area (Å²) in [5.41, 5.74) is -0.372. The lowest BCUT2D eigenvalue weighted by Crippen LogP contribution is -2.32. The van der Waals surface area contributed by atoms with Crippen LogP contribution in [0.1, 0.15) is 32.6 Å². The summed E-state index contributed by atoms with van der Waals surface area (Å²) in [6, 6.07) is 0. The maximum absolute atomic E-state index is 11.5. The number of hydrogen-bond donors (Lipinski definition) is 1. The summed E-state index contributed by atoms with van der Waals surface area (Å²) < 4.78 is 5.14. The molecule has 0 aliphatic carbocycles. The van der Waals surface area contributed by atoms with Crippen molar-refractivity contribution in [3.63, 3.8) is 0 Å². The van der Waals surface area contributed by atoms with Crippen LogP contribution in [0.3, 0.4) is 0 Å². The first-order chi connectivity index (χ1) is 9.61. The zero-order valence-electron chi connectivity index (χ0n) is 11.4. The molecule has 0 aromatic carbocycles. The molecular formula is C13H16N4O3. The zero-order chi connectivity index (χ0) is 14.6. The van der Waals surface area contributed by atoms with E-state index < -0.39 is 11.4 Å². The molecule has 0 saturated carbocycles. The normalized spacial score (nSPS) is 11.5. The predicted octanol–water partition coefficient (Wildman–Crippen LogP) is 1.96. The number of carbonyl (C=O) groups is 1. The number of carboxylic acids is 1. The van der Waals surface area contributed by atoms with Crippen molar-refractivity contribution < 1.29 is 14.4 Å². The van der Waals surface area contributed by atoms with Gasteiger partial charge in [-0.25, -0.2) is 4.98 Å². The van der Waals surface area contributed by atoms with E-state index in [0.717, 1.165) is 0 Å². The molecule has 7 heteroatoms.